The van der Waals surface area contributed by atoms with Crippen LogP contribution in [-0.2, 0) is 4.79 Å². The van der Waals surface area contributed by atoms with Gasteiger partial charge < -0.3 is 15.7 Å². The number of carboxylic acid groups (broad SMARTS) is 1. The number of amides is 2. The number of nitrogens with one attached hydrogen (secondary N) is 2. The van der Waals surface area contributed by atoms with Crippen LogP contribution in [0.15, 0.2) is 0 Å². The summed E-state index contributed by atoms with van der Waals surface area (Å²) in [5.74, 6) is -1.03. The van der Waals surface area contributed by atoms with E-state index in [1.54, 1.807) is 0 Å². The minimum atomic E-state index is -1.03. The van der Waals surface area contributed by atoms with E-state index < -0.39 is 18.0 Å². The zero-order valence-electron chi connectivity index (χ0n) is 10.8. The Labute approximate surface area is 103 Å². The first-order valence-electron chi connectivity index (χ1n) is 6.35. The molecule has 0 bridgehead atoms. The van der Waals surface area contributed by atoms with Crippen molar-refractivity contribution in [3.8, 4) is 0 Å². The van der Waals surface area contributed by atoms with Crippen molar-refractivity contribution >= 4 is 12.0 Å². The standard InChI is InChI=1S/C12H24N2O3/c1-3-4-5-6-7-8-9-13-12(17)14-10(2)11(15)16/h10H,3-9H2,1-2H3,(H,15,16)(H2,13,14,17)/t10-/m0/s1. The molecule has 0 saturated heterocycles. The highest BCUT2D eigenvalue weighted by atomic mass is 16.4. The molecule has 0 spiro atoms. The second-order valence-electron chi connectivity index (χ2n) is 4.23. The number of rotatable bonds is 9. The third kappa shape index (κ3) is 9.66. The van der Waals surface area contributed by atoms with Crippen molar-refractivity contribution in [3.05, 3.63) is 0 Å². The highest BCUT2D eigenvalue weighted by Gasteiger charge is 2.12. The van der Waals surface area contributed by atoms with Gasteiger partial charge in [-0.05, 0) is 13.3 Å². The summed E-state index contributed by atoms with van der Waals surface area (Å²) in [5, 5.41) is 13.6. The molecule has 0 aromatic carbocycles. The lowest BCUT2D eigenvalue weighted by atomic mass is 10.1. The molecule has 0 heterocycles. The summed E-state index contributed by atoms with van der Waals surface area (Å²) in [6.07, 6.45) is 6.99. The fourth-order valence-corrected chi connectivity index (χ4v) is 1.42. The predicted octanol–water partition coefficient (Wildman–Crippen LogP) is 2.12. The molecule has 3 N–H and O–H groups in total. The molecule has 0 aliphatic rings. The van der Waals surface area contributed by atoms with Crippen LogP contribution in [0, 0.1) is 0 Å². The summed E-state index contributed by atoms with van der Waals surface area (Å²) in [7, 11) is 0. The van der Waals surface area contributed by atoms with Crippen molar-refractivity contribution in [3.63, 3.8) is 0 Å². The molecule has 0 aromatic heterocycles. The van der Waals surface area contributed by atoms with Gasteiger partial charge in [0.15, 0.2) is 0 Å². The van der Waals surface area contributed by atoms with E-state index in [1.165, 1.54) is 32.6 Å². The number of hydrogen-bond donors (Lipinski definition) is 3. The van der Waals surface area contributed by atoms with Gasteiger partial charge in [0, 0.05) is 6.54 Å². The largest absolute Gasteiger partial charge is 0.480 e. The molecular formula is C12H24N2O3. The number of aliphatic carboxylic acids is 1. The van der Waals surface area contributed by atoms with Crippen molar-refractivity contribution in [1.82, 2.24) is 10.6 Å². The summed E-state index contributed by atoms with van der Waals surface area (Å²) < 4.78 is 0. The second-order valence-corrected chi connectivity index (χ2v) is 4.23. The Balaban J connectivity index is 3.36. The van der Waals surface area contributed by atoms with Gasteiger partial charge in [-0.25, -0.2) is 4.79 Å². The SMILES string of the molecule is CCCCCCCCNC(=O)N[C@@H](C)C(=O)O. The van der Waals surface area contributed by atoms with Crippen LogP contribution >= 0.6 is 0 Å². The van der Waals surface area contributed by atoms with E-state index in [4.69, 9.17) is 5.11 Å². The maximum atomic E-state index is 11.2. The molecular weight excluding hydrogens is 220 g/mol. The molecule has 0 radical (unpaired) electrons. The van der Waals surface area contributed by atoms with E-state index in [0.717, 1.165) is 12.8 Å². The lowest BCUT2D eigenvalue weighted by Crippen LogP contribution is -2.44. The molecule has 2 amide bonds. The normalized spacial score (nSPS) is 11.9. The van der Waals surface area contributed by atoms with E-state index in [9.17, 15) is 9.59 Å². The molecule has 0 saturated carbocycles. The maximum absolute atomic E-state index is 11.2. The smallest absolute Gasteiger partial charge is 0.325 e. The molecule has 0 aromatic rings. The molecule has 0 unspecified atom stereocenters. The van der Waals surface area contributed by atoms with Crippen LogP contribution in [0.4, 0.5) is 4.79 Å². The van der Waals surface area contributed by atoms with E-state index >= 15 is 0 Å². The van der Waals surface area contributed by atoms with Gasteiger partial charge in [-0.15, -0.1) is 0 Å². The summed E-state index contributed by atoms with van der Waals surface area (Å²) in [6.45, 7) is 4.21. The van der Waals surface area contributed by atoms with Crippen LogP contribution in [0.25, 0.3) is 0 Å². The van der Waals surface area contributed by atoms with Gasteiger partial charge in [0.1, 0.15) is 6.04 Å². The van der Waals surface area contributed by atoms with Crippen LogP contribution in [0.3, 0.4) is 0 Å². The van der Waals surface area contributed by atoms with E-state index in [2.05, 4.69) is 17.6 Å². The van der Waals surface area contributed by atoms with Crippen molar-refractivity contribution in [2.24, 2.45) is 0 Å². The van der Waals surface area contributed by atoms with Gasteiger partial charge >= 0.3 is 12.0 Å². The Kier molecular flexibility index (Phi) is 9.19. The fraction of sp³-hybridized carbons (Fsp3) is 0.833. The summed E-state index contributed by atoms with van der Waals surface area (Å²) >= 11 is 0. The minimum absolute atomic E-state index is 0.409. The molecule has 0 aliphatic heterocycles. The van der Waals surface area contributed by atoms with Gasteiger partial charge in [-0.1, -0.05) is 39.0 Å². The first-order chi connectivity index (χ1) is 8.07. The van der Waals surface area contributed by atoms with Gasteiger partial charge in [0.25, 0.3) is 0 Å². The van der Waals surface area contributed by atoms with Crippen molar-refractivity contribution in [2.45, 2.75) is 58.4 Å². The molecule has 5 heteroatoms. The first-order valence-corrected chi connectivity index (χ1v) is 6.35. The van der Waals surface area contributed by atoms with Crippen LogP contribution in [0.2, 0.25) is 0 Å². The molecule has 5 nitrogen and oxygen atoms in total. The summed E-state index contributed by atoms with van der Waals surface area (Å²) in [5.41, 5.74) is 0. The minimum Gasteiger partial charge on any atom is -0.480 e. The van der Waals surface area contributed by atoms with Crippen molar-refractivity contribution in [2.75, 3.05) is 6.54 Å². The maximum Gasteiger partial charge on any atom is 0.325 e. The molecule has 100 valence electrons. The Hall–Kier alpha value is -1.26. The molecule has 1 atom stereocenters. The number of urea groups is 1. The quantitative estimate of drug-likeness (QED) is 0.544. The lowest BCUT2D eigenvalue weighted by molar-refractivity contribution is -0.138. The molecule has 0 fully saturated rings. The highest BCUT2D eigenvalue weighted by molar-refractivity contribution is 5.82. The Morgan fingerprint density at radius 1 is 1.12 bits per heavy atom. The lowest BCUT2D eigenvalue weighted by Gasteiger charge is -2.10. The zero-order valence-corrected chi connectivity index (χ0v) is 10.8. The zero-order chi connectivity index (χ0) is 13.1. The predicted molar refractivity (Wildman–Crippen MR) is 67.0 cm³/mol. The Bertz CT molecular complexity index is 232. The first kappa shape index (κ1) is 15.7. The van der Waals surface area contributed by atoms with Gasteiger partial charge in [-0.3, -0.25) is 4.79 Å². The topological polar surface area (TPSA) is 78.4 Å². The summed E-state index contributed by atoms with van der Waals surface area (Å²) in [4.78, 5) is 21.7. The number of carbonyl (C=O) groups is 2. The van der Waals surface area contributed by atoms with Crippen LogP contribution in [0.1, 0.15) is 52.4 Å². The second kappa shape index (κ2) is 9.93. The van der Waals surface area contributed by atoms with Crippen LogP contribution < -0.4 is 10.6 Å². The Morgan fingerprint density at radius 3 is 2.29 bits per heavy atom. The van der Waals surface area contributed by atoms with E-state index in [0.29, 0.717) is 6.54 Å². The Morgan fingerprint density at radius 2 is 1.71 bits per heavy atom. The molecule has 17 heavy (non-hydrogen) atoms. The van der Waals surface area contributed by atoms with Gasteiger partial charge in [0.2, 0.25) is 0 Å². The summed E-state index contributed by atoms with van der Waals surface area (Å²) in [6, 6.07) is -1.26. The van der Waals surface area contributed by atoms with Gasteiger partial charge in [-0.2, -0.15) is 0 Å². The number of unbranched alkanes of at least 4 members (excludes halogenated alkanes) is 5. The average molecular weight is 244 g/mol. The third-order valence-corrected chi connectivity index (χ3v) is 2.53. The van der Waals surface area contributed by atoms with E-state index in [-0.39, 0.29) is 0 Å². The number of carboxylic acids is 1. The highest BCUT2D eigenvalue weighted by Crippen LogP contribution is 2.03. The monoisotopic (exact) mass is 244 g/mol. The van der Waals surface area contributed by atoms with Crippen LogP contribution in [-0.4, -0.2) is 29.7 Å². The van der Waals surface area contributed by atoms with E-state index in [1.807, 2.05) is 0 Å². The van der Waals surface area contributed by atoms with Crippen molar-refractivity contribution < 1.29 is 14.7 Å². The number of hydrogen-bond acceptors (Lipinski definition) is 2. The molecule has 0 rings (SSSR count). The fourth-order valence-electron chi connectivity index (χ4n) is 1.42. The number of carbonyl (C=O) groups excluding carboxylic acids is 1. The third-order valence-electron chi connectivity index (χ3n) is 2.53. The average Bonchev–Trinajstić information content (AvgIpc) is 2.27. The molecule has 0 aliphatic carbocycles. The van der Waals surface area contributed by atoms with Crippen LogP contribution in [0.5, 0.6) is 0 Å². The van der Waals surface area contributed by atoms with Crippen molar-refractivity contribution in [1.29, 1.82) is 0 Å². The van der Waals surface area contributed by atoms with Gasteiger partial charge in [0.05, 0.1) is 0 Å².